The van der Waals surface area contributed by atoms with E-state index >= 15 is 0 Å². The zero-order valence-electron chi connectivity index (χ0n) is 19.8. The number of thioether (sulfide) groups is 1. The van der Waals surface area contributed by atoms with Gasteiger partial charge in [-0.05, 0) is 41.8 Å². The van der Waals surface area contributed by atoms with Gasteiger partial charge >= 0.3 is 0 Å². The van der Waals surface area contributed by atoms with E-state index in [9.17, 15) is 9.59 Å². The van der Waals surface area contributed by atoms with Crippen LogP contribution >= 0.6 is 23.1 Å². The van der Waals surface area contributed by atoms with Gasteiger partial charge in [0.2, 0.25) is 16.9 Å². The summed E-state index contributed by atoms with van der Waals surface area (Å²) >= 11 is 2.84. The van der Waals surface area contributed by atoms with E-state index in [1.165, 1.54) is 28.7 Å². The molecule has 0 radical (unpaired) electrons. The maximum absolute atomic E-state index is 13.3. The monoisotopic (exact) mass is 514 g/mol. The highest BCUT2D eigenvalue weighted by molar-refractivity contribution is 8.00. The minimum Gasteiger partial charge on any atom is -0.312 e. The van der Waals surface area contributed by atoms with Crippen LogP contribution in [0.2, 0.25) is 0 Å². The van der Waals surface area contributed by atoms with Crippen molar-refractivity contribution in [3.63, 3.8) is 0 Å². The maximum Gasteiger partial charge on any atom is 0.244 e. The first kappa shape index (κ1) is 24.2. The Labute approximate surface area is 218 Å². The van der Waals surface area contributed by atoms with Crippen molar-refractivity contribution in [2.45, 2.75) is 35.8 Å². The van der Waals surface area contributed by atoms with Gasteiger partial charge in [0.1, 0.15) is 10.3 Å². The largest absolute Gasteiger partial charge is 0.312 e. The van der Waals surface area contributed by atoms with Crippen molar-refractivity contribution >= 4 is 45.7 Å². The van der Waals surface area contributed by atoms with E-state index in [1.807, 2.05) is 77.7 Å². The van der Waals surface area contributed by atoms with Crippen molar-refractivity contribution in [2.75, 3.05) is 16.8 Å². The highest BCUT2D eigenvalue weighted by Crippen LogP contribution is 2.38. The Kier molecular flexibility index (Phi) is 7.44. The molecule has 2 atom stereocenters. The summed E-state index contributed by atoms with van der Waals surface area (Å²) in [6, 6.07) is 27.7. The highest BCUT2D eigenvalue weighted by atomic mass is 32.2. The van der Waals surface area contributed by atoms with E-state index < -0.39 is 5.25 Å². The number of nitrogens with zero attached hydrogens (tertiary/aromatic N) is 3. The summed E-state index contributed by atoms with van der Waals surface area (Å²) in [6.07, 6.45) is 1.35. The molecule has 3 aromatic carbocycles. The molecule has 1 saturated heterocycles. The number of aromatic nitrogens is 2. The highest BCUT2D eigenvalue weighted by Gasteiger charge is 2.34. The minimum atomic E-state index is -0.435. The molecule has 1 aliphatic rings. The van der Waals surface area contributed by atoms with Gasteiger partial charge in [0.25, 0.3) is 0 Å². The van der Waals surface area contributed by atoms with Gasteiger partial charge in [-0.2, -0.15) is 0 Å². The van der Waals surface area contributed by atoms with Crippen molar-refractivity contribution in [3.8, 4) is 0 Å². The van der Waals surface area contributed by atoms with Crippen LogP contribution in [0.3, 0.4) is 0 Å². The summed E-state index contributed by atoms with van der Waals surface area (Å²) in [5, 5.41) is 12.3. The molecule has 0 bridgehead atoms. The Morgan fingerprint density at radius 1 is 1.03 bits per heavy atom. The van der Waals surface area contributed by atoms with Gasteiger partial charge in [-0.25, -0.2) is 0 Å². The van der Waals surface area contributed by atoms with Gasteiger partial charge in [-0.15, -0.1) is 22.0 Å². The second kappa shape index (κ2) is 11.1. The Balaban J connectivity index is 1.28. The van der Waals surface area contributed by atoms with E-state index in [-0.39, 0.29) is 17.7 Å². The van der Waals surface area contributed by atoms with Crippen LogP contribution in [-0.4, -0.2) is 28.6 Å². The normalized spacial score (nSPS) is 16.2. The third-order valence-electron chi connectivity index (χ3n) is 6.14. The molecule has 8 heteroatoms. The molecular weight excluding hydrogens is 488 g/mol. The number of anilines is 2. The number of nitrogens with one attached hydrogen (secondary N) is 1. The maximum atomic E-state index is 13.3. The molecule has 2 heterocycles. The molecule has 36 heavy (non-hydrogen) atoms. The SMILES string of the molecule is CCc1ccc(N2CC(c3nnc(NC(=O)C(Sc4ccccc4)c4ccccc4)s3)CC2=O)cc1. The lowest BCUT2D eigenvalue weighted by molar-refractivity contribution is -0.117. The smallest absolute Gasteiger partial charge is 0.244 e. The van der Waals surface area contributed by atoms with Crippen molar-refractivity contribution in [1.82, 2.24) is 10.2 Å². The molecule has 1 aliphatic heterocycles. The third kappa shape index (κ3) is 5.50. The summed E-state index contributed by atoms with van der Waals surface area (Å²) in [5.74, 6) is -0.124. The summed E-state index contributed by atoms with van der Waals surface area (Å²) < 4.78 is 0. The van der Waals surface area contributed by atoms with Gasteiger partial charge in [0.15, 0.2) is 0 Å². The lowest BCUT2D eigenvalue weighted by Crippen LogP contribution is -2.24. The number of aryl methyl sites for hydroxylation is 1. The van der Waals surface area contributed by atoms with Gasteiger partial charge in [-0.1, -0.05) is 78.9 Å². The molecule has 0 spiro atoms. The quantitative estimate of drug-likeness (QED) is 0.288. The van der Waals surface area contributed by atoms with E-state index in [2.05, 4.69) is 34.6 Å². The van der Waals surface area contributed by atoms with Crippen LogP contribution in [0, 0.1) is 0 Å². The molecule has 6 nitrogen and oxygen atoms in total. The van der Waals surface area contributed by atoms with Crippen LogP contribution < -0.4 is 10.2 Å². The second-order valence-electron chi connectivity index (χ2n) is 8.58. The Morgan fingerprint density at radius 2 is 1.72 bits per heavy atom. The summed E-state index contributed by atoms with van der Waals surface area (Å²) in [5.41, 5.74) is 3.06. The molecule has 2 amide bonds. The molecular formula is C28H26N4O2S2. The molecule has 1 N–H and O–H groups in total. The zero-order valence-corrected chi connectivity index (χ0v) is 21.5. The van der Waals surface area contributed by atoms with Gasteiger partial charge < -0.3 is 4.90 Å². The molecule has 0 saturated carbocycles. The number of hydrogen-bond acceptors (Lipinski definition) is 6. The van der Waals surface area contributed by atoms with Crippen molar-refractivity contribution in [2.24, 2.45) is 0 Å². The second-order valence-corrected chi connectivity index (χ2v) is 10.8. The van der Waals surface area contributed by atoms with Crippen LogP contribution in [0.5, 0.6) is 0 Å². The number of carbonyl (C=O) groups is 2. The number of hydrogen-bond donors (Lipinski definition) is 1. The lowest BCUT2D eigenvalue weighted by Gasteiger charge is -2.16. The number of benzene rings is 3. The van der Waals surface area contributed by atoms with Gasteiger partial charge in [0.05, 0.1) is 0 Å². The molecule has 5 rings (SSSR count). The molecule has 1 aromatic heterocycles. The zero-order chi connectivity index (χ0) is 24.9. The first-order valence-electron chi connectivity index (χ1n) is 11.9. The van der Waals surface area contributed by atoms with Crippen LogP contribution in [0.15, 0.2) is 89.8 Å². The first-order valence-corrected chi connectivity index (χ1v) is 13.6. The van der Waals surface area contributed by atoms with Crippen LogP contribution in [0.4, 0.5) is 10.8 Å². The number of amides is 2. The fraction of sp³-hybridized carbons (Fsp3) is 0.214. The fourth-order valence-electron chi connectivity index (χ4n) is 4.19. The summed E-state index contributed by atoms with van der Waals surface area (Å²) in [6.45, 7) is 2.67. The molecule has 2 unspecified atom stereocenters. The fourth-order valence-corrected chi connectivity index (χ4v) is 6.07. The molecule has 0 aliphatic carbocycles. The Morgan fingerprint density at radius 3 is 2.42 bits per heavy atom. The lowest BCUT2D eigenvalue weighted by atomic mass is 10.1. The third-order valence-corrected chi connectivity index (χ3v) is 8.41. The van der Waals surface area contributed by atoms with Gasteiger partial charge in [0, 0.05) is 29.5 Å². The van der Waals surface area contributed by atoms with E-state index in [4.69, 9.17) is 0 Å². The van der Waals surface area contributed by atoms with Gasteiger partial charge in [-0.3, -0.25) is 14.9 Å². The predicted octanol–water partition coefficient (Wildman–Crippen LogP) is 6.09. The topological polar surface area (TPSA) is 75.2 Å². The predicted molar refractivity (Wildman–Crippen MR) is 146 cm³/mol. The van der Waals surface area contributed by atoms with Crippen LogP contribution in [-0.2, 0) is 16.0 Å². The average molecular weight is 515 g/mol. The van der Waals surface area contributed by atoms with E-state index in [1.54, 1.807) is 0 Å². The number of carbonyl (C=O) groups excluding carboxylic acids is 2. The Bertz CT molecular complexity index is 1330. The number of rotatable bonds is 8. The van der Waals surface area contributed by atoms with E-state index in [0.717, 1.165) is 27.6 Å². The average Bonchev–Trinajstić information content (AvgIpc) is 3.55. The minimum absolute atomic E-state index is 0.0462. The standard InChI is InChI=1S/C28H26N4O2S2/c1-2-19-13-15-22(16-14-19)32-18-21(17-24(32)33)27-30-31-28(36-27)29-26(34)25(20-9-5-3-6-10-20)35-23-11-7-4-8-12-23/h3-16,21,25H,2,17-18H2,1H3,(H,29,31,34). The molecule has 182 valence electrons. The van der Waals surface area contributed by atoms with Crippen LogP contribution in [0.25, 0.3) is 0 Å². The van der Waals surface area contributed by atoms with E-state index in [0.29, 0.717) is 18.1 Å². The summed E-state index contributed by atoms with van der Waals surface area (Å²) in [4.78, 5) is 28.9. The van der Waals surface area contributed by atoms with Crippen molar-refractivity contribution < 1.29 is 9.59 Å². The van der Waals surface area contributed by atoms with Crippen LogP contribution in [0.1, 0.15) is 40.6 Å². The van der Waals surface area contributed by atoms with Crippen molar-refractivity contribution in [3.05, 3.63) is 101 Å². The Hall–Kier alpha value is -3.49. The molecule has 4 aromatic rings. The first-order chi connectivity index (χ1) is 17.6. The van der Waals surface area contributed by atoms with Crippen molar-refractivity contribution in [1.29, 1.82) is 0 Å². The molecule has 1 fully saturated rings. The summed E-state index contributed by atoms with van der Waals surface area (Å²) in [7, 11) is 0.